The molecule has 0 atom stereocenters. The first-order chi connectivity index (χ1) is 8.72. The fourth-order valence-electron chi connectivity index (χ4n) is 2.04. The van der Waals surface area contributed by atoms with Crippen molar-refractivity contribution in [3.05, 3.63) is 0 Å². The van der Waals surface area contributed by atoms with Crippen molar-refractivity contribution in [2.75, 3.05) is 25.9 Å². The molecule has 19 heavy (non-hydrogen) atoms. The molecule has 0 radical (unpaired) electrons. The molecule has 1 saturated heterocycles. The van der Waals surface area contributed by atoms with Crippen LogP contribution >= 0.6 is 0 Å². The molecule has 1 rings (SSSR count). The van der Waals surface area contributed by atoms with Gasteiger partial charge >= 0.3 is 0 Å². The summed E-state index contributed by atoms with van der Waals surface area (Å²) >= 11 is 0. The van der Waals surface area contributed by atoms with E-state index >= 15 is 0 Å². The van der Waals surface area contributed by atoms with Gasteiger partial charge in [-0.2, -0.15) is 0 Å². The Kier molecular flexibility index (Phi) is 5.34. The number of likely N-dealkylation sites (tertiary alicyclic amines) is 1. The summed E-state index contributed by atoms with van der Waals surface area (Å²) in [4.78, 5) is 14.0. The predicted molar refractivity (Wildman–Crippen MR) is 75.3 cm³/mol. The maximum atomic E-state index is 12.2. The second kappa shape index (κ2) is 6.19. The highest BCUT2D eigenvalue weighted by molar-refractivity contribution is 7.89. The van der Waals surface area contributed by atoms with Crippen LogP contribution in [-0.2, 0) is 14.8 Å². The molecule has 1 heterocycles. The van der Waals surface area contributed by atoms with E-state index in [1.54, 1.807) is 18.9 Å². The van der Waals surface area contributed by atoms with E-state index in [-0.39, 0.29) is 17.7 Å². The average Bonchev–Trinajstić information content (AvgIpc) is 2.38. The lowest BCUT2D eigenvalue weighted by atomic mass is 10.00. The number of piperidine rings is 1. The summed E-state index contributed by atoms with van der Waals surface area (Å²) in [6.45, 7) is 6.51. The number of hydrogen-bond acceptors (Lipinski definition) is 4. The summed E-state index contributed by atoms with van der Waals surface area (Å²) in [5.74, 6) is 0.158. The van der Waals surface area contributed by atoms with Gasteiger partial charge < -0.3 is 10.2 Å². The lowest BCUT2D eigenvalue weighted by molar-refractivity contribution is -0.138. The van der Waals surface area contributed by atoms with Crippen LogP contribution in [0.2, 0.25) is 0 Å². The molecule has 7 heteroatoms. The molecule has 0 spiro atoms. The monoisotopic (exact) mass is 291 g/mol. The molecule has 112 valence electrons. The first kappa shape index (κ1) is 16.4. The first-order valence-electron chi connectivity index (χ1n) is 6.70. The topological polar surface area (TPSA) is 78.5 Å². The van der Waals surface area contributed by atoms with Crippen molar-refractivity contribution in [3.8, 4) is 0 Å². The Morgan fingerprint density at radius 3 is 2.26 bits per heavy atom. The second-order valence-corrected chi connectivity index (χ2v) is 7.51. The number of carbonyl (C=O) groups is 1. The highest BCUT2D eigenvalue weighted by Crippen LogP contribution is 2.15. The molecule has 6 nitrogen and oxygen atoms in total. The third-order valence-electron chi connectivity index (χ3n) is 3.67. The van der Waals surface area contributed by atoms with E-state index in [1.807, 2.05) is 13.8 Å². The van der Waals surface area contributed by atoms with Gasteiger partial charge in [-0.05, 0) is 40.7 Å². The van der Waals surface area contributed by atoms with Crippen LogP contribution in [0.15, 0.2) is 0 Å². The molecule has 0 saturated carbocycles. The lowest BCUT2D eigenvalue weighted by Crippen LogP contribution is -2.56. The summed E-state index contributed by atoms with van der Waals surface area (Å²) in [5.41, 5.74) is -0.574. The Morgan fingerprint density at radius 1 is 1.32 bits per heavy atom. The first-order valence-corrected chi connectivity index (χ1v) is 8.35. The van der Waals surface area contributed by atoms with Gasteiger partial charge in [0.15, 0.2) is 0 Å². The van der Waals surface area contributed by atoms with Crippen LogP contribution in [0, 0.1) is 0 Å². The van der Waals surface area contributed by atoms with Crippen molar-refractivity contribution in [2.24, 2.45) is 0 Å². The quantitative estimate of drug-likeness (QED) is 0.742. The van der Waals surface area contributed by atoms with Crippen LogP contribution in [0.1, 0.15) is 33.6 Å². The molecule has 0 aromatic heterocycles. The molecular formula is C12H25N3O3S. The molecule has 0 aromatic carbocycles. The van der Waals surface area contributed by atoms with Crippen molar-refractivity contribution in [1.29, 1.82) is 0 Å². The van der Waals surface area contributed by atoms with Gasteiger partial charge in [0.05, 0.1) is 11.3 Å². The molecule has 0 unspecified atom stereocenters. The number of amides is 1. The second-order valence-electron chi connectivity index (χ2n) is 5.46. The Morgan fingerprint density at radius 2 is 1.84 bits per heavy atom. The zero-order valence-corrected chi connectivity index (χ0v) is 13.0. The van der Waals surface area contributed by atoms with E-state index in [0.717, 1.165) is 0 Å². The zero-order valence-electron chi connectivity index (χ0n) is 12.2. The van der Waals surface area contributed by atoms with Crippen molar-refractivity contribution in [3.63, 3.8) is 0 Å². The van der Waals surface area contributed by atoms with Gasteiger partial charge in [0, 0.05) is 19.1 Å². The molecule has 2 N–H and O–H groups in total. The number of likely N-dealkylation sites (N-methyl/N-ethyl adjacent to an activating group) is 1. The van der Waals surface area contributed by atoms with E-state index in [9.17, 15) is 13.2 Å². The van der Waals surface area contributed by atoms with Crippen molar-refractivity contribution in [2.45, 2.75) is 45.2 Å². The van der Waals surface area contributed by atoms with Crippen LogP contribution in [0.5, 0.6) is 0 Å². The number of sulfonamides is 1. The van der Waals surface area contributed by atoms with Crippen LogP contribution in [-0.4, -0.2) is 56.7 Å². The van der Waals surface area contributed by atoms with Crippen molar-refractivity contribution < 1.29 is 13.2 Å². The van der Waals surface area contributed by atoms with Gasteiger partial charge in [0.1, 0.15) is 0 Å². The van der Waals surface area contributed by atoms with E-state index in [1.165, 1.54) is 0 Å². The Labute approximate surface area is 116 Å². The van der Waals surface area contributed by atoms with Gasteiger partial charge in [0.2, 0.25) is 15.9 Å². The Balaban J connectivity index is 2.52. The van der Waals surface area contributed by atoms with Crippen molar-refractivity contribution in [1.82, 2.24) is 14.9 Å². The number of rotatable bonds is 5. The summed E-state index contributed by atoms with van der Waals surface area (Å²) in [5, 5.41) is 2.99. The SMILES string of the molecule is CCS(=O)(=O)NC1CCN(C(=O)C(C)(C)NC)CC1. The van der Waals surface area contributed by atoms with Crippen LogP contribution in [0.4, 0.5) is 0 Å². The van der Waals surface area contributed by atoms with Crippen LogP contribution in [0.25, 0.3) is 0 Å². The molecule has 1 fully saturated rings. The maximum absolute atomic E-state index is 12.2. The molecular weight excluding hydrogens is 266 g/mol. The summed E-state index contributed by atoms with van der Waals surface area (Å²) < 4.78 is 25.6. The standard InChI is InChI=1S/C12H25N3O3S/c1-5-19(17,18)14-10-6-8-15(9-7-10)11(16)12(2,3)13-4/h10,13-14H,5-9H2,1-4H3. The minimum Gasteiger partial charge on any atom is -0.341 e. The fourth-order valence-corrected chi connectivity index (χ4v) is 2.95. The number of nitrogens with one attached hydrogen (secondary N) is 2. The maximum Gasteiger partial charge on any atom is 0.242 e. The molecule has 1 amide bonds. The van der Waals surface area contributed by atoms with E-state index < -0.39 is 15.6 Å². The molecule has 0 bridgehead atoms. The minimum absolute atomic E-state index is 0.0494. The number of hydrogen-bond donors (Lipinski definition) is 2. The van der Waals surface area contributed by atoms with Gasteiger partial charge in [0.25, 0.3) is 0 Å². The average molecular weight is 291 g/mol. The van der Waals surface area contributed by atoms with Crippen molar-refractivity contribution >= 4 is 15.9 Å². The van der Waals surface area contributed by atoms with Crippen LogP contribution < -0.4 is 10.0 Å². The van der Waals surface area contributed by atoms with Gasteiger partial charge in [-0.15, -0.1) is 0 Å². The van der Waals surface area contributed by atoms with Crippen LogP contribution in [0.3, 0.4) is 0 Å². The molecule has 0 aromatic rings. The number of nitrogens with zero attached hydrogens (tertiary/aromatic N) is 1. The highest BCUT2D eigenvalue weighted by atomic mass is 32.2. The van der Waals surface area contributed by atoms with Gasteiger partial charge in [-0.1, -0.05) is 0 Å². The zero-order chi connectivity index (χ0) is 14.7. The summed E-state index contributed by atoms with van der Waals surface area (Å²) in [6.07, 6.45) is 1.34. The number of carbonyl (C=O) groups excluding carboxylic acids is 1. The molecule has 1 aliphatic heterocycles. The van der Waals surface area contributed by atoms with E-state index in [2.05, 4.69) is 10.0 Å². The summed E-state index contributed by atoms with van der Waals surface area (Å²) in [6, 6.07) is -0.0494. The minimum atomic E-state index is -3.16. The van der Waals surface area contributed by atoms with E-state index in [4.69, 9.17) is 0 Å². The fraction of sp³-hybridized carbons (Fsp3) is 0.917. The molecule has 0 aliphatic carbocycles. The van der Waals surface area contributed by atoms with E-state index in [0.29, 0.717) is 25.9 Å². The third-order valence-corrected chi connectivity index (χ3v) is 5.12. The Hall–Kier alpha value is -0.660. The normalized spacial score (nSPS) is 18.6. The Bertz CT molecular complexity index is 412. The molecule has 1 aliphatic rings. The predicted octanol–water partition coefficient (Wildman–Crippen LogP) is -0.0853. The van der Waals surface area contributed by atoms with Gasteiger partial charge in [-0.25, -0.2) is 13.1 Å². The van der Waals surface area contributed by atoms with Gasteiger partial charge in [-0.3, -0.25) is 4.79 Å². The highest BCUT2D eigenvalue weighted by Gasteiger charge is 2.33. The third kappa shape index (κ3) is 4.43. The smallest absolute Gasteiger partial charge is 0.242 e. The summed E-state index contributed by atoms with van der Waals surface area (Å²) in [7, 11) is -1.39. The largest absolute Gasteiger partial charge is 0.341 e. The lowest BCUT2D eigenvalue weighted by Gasteiger charge is -2.36.